The molecule has 0 saturated heterocycles. The van der Waals surface area contributed by atoms with Gasteiger partial charge >= 0.3 is 0 Å². The highest BCUT2D eigenvalue weighted by Crippen LogP contribution is 2.31. The zero-order valence-corrected chi connectivity index (χ0v) is 15.4. The third kappa shape index (κ3) is 3.84. The SMILES string of the molecule is CCCc1nc(CSc2nnc(-c3ccccc3OC)n2CC)no1. The summed E-state index contributed by atoms with van der Waals surface area (Å²) in [5, 5.41) is 13.5. The quantitative estimate of drug-likeness (QED) is 0.569. The summed E-state index contributed by atoms with van der Waals surface area (Å²) in [6.07, 6.45) is 1.79. The van der Waals surface area contributed by atoms with Gasteiger partial charge in [0, 0.05) is 13.0 Å². The van der Waals surface area contributed by atoms with Crippen molar-refractivity contribution in [2.45, 2.75) is 44.1 Å². The molecule has 0 saturated carbocycles. The van der Waals surface area contributed by atoms with E-state index in [0.29, 0.717) is 17.5 Å². The average Bonchev–Trinajstić information content (AvgIpc) is 3.26. The van der Waals surface area contributed by atoms with Crippen molar-refractivity contribution in [2.75, 3.05) is 7.11 Å². The molecule has 132 valence electrons. The summed E-state index contributed by atoms with van der Waals surface area (Å²) in [5.74, 6) is 3.53. The summed E-state index contributed by atoms with van der Waals surface area (Å²) in [4.78, 5) is 4.39. The van der Waals surface area contributed by atoms with E-state index in [-0.39, 0.29) is 0 Å². The Morgan fingerprint density at radius 3 is 2.80 bits per heavy atom. The van der Waals surface area contributed by atoms with Crippen LogP contribution in [0.4, 0.5) is 0 Å². The van der Waals surface area contributed by atoms with Crippen LogP contribution in [0.3, 0.4) is 0 Å². The molecule has 8 heteroatoms. The minimum Gasteiger partial charge on any atom is -0.496 e. The van der Waals surface area contributed by atoms with Crippen LogP contribution in [0.2, 0.25) is 0 Å². The Morgan fingerprint density at radius 1 is 1.20 bits per heavy atom. The molecule has 0 atom stereocenters. The number of aromatic nitrogens is 5. The van der Waals surface area contributed by atoms with Gasteiger partial charge in [-0.25, -0.2) is 0 Å². The van der Waals surface area contributed by atoms with Gasteiger partial charge in [-0.15, -0.1) is 10.2 Å². The number of ether oxygens (including phenoxy) is 1. The monoisotopic (exact) mass is 359 g/mol. The normalized spacial score (nSPS) is 11.0. The van der Waals surface area contributed by atoms with Crippen molar-refractivity contribution in [3.8, 4) is 17.1 Å². The molecule has 0 amide bonds. The van der Waals surface area contributed by atoms with E-state index in [4.69, 9.17) is 9.26 Å². The largest absolute Gasteiger partial charge is 0.496 e. The first-order chi connectivity index (χ1) is 12.3. The van der Waals surface area contributed by atoms with Gasteiger partial charge in [0.2, 0.25) is 5.89 Å². The number of thioether (sulfide) groups is 1. The van der Waals surface area contributed by atoms with E-state index in [1.165, 1.54) is 0 Å². The number of hydrogen-bond acceptors (Lipinski definition) is 7. The topological polar surface area (TPSA) is 78.9 Å². The fraction of sp³-hybridized carbons (Fsp3) is 0.412. The molecule has 0 unspecified atom stereocenters. The molecule has 2 heterocycles. The molecule has 0 radical (unpaired) electrons. The van der Waals surface area contributed by atoms with Crippen LogP contribution < -0.4 is 4.74 Å². The second-order valence-electron chi connectivity index (χ2n) is 5.39. The molecule has 0 aliphatic rings. The summed E-state index contributed by atoms with van der Waals surface area (Å²) in [6.45, 7) is 4.91. The summed E-state index contributed by atoms with van der Waals surface area (Å²) < 4.78 is 12.7. The highest BCUT2D eigenvalue weighted by molar-refractivity contribution is 7.98. The number of rotatable bonds is 8. The number of methoxy groups -OCH3 is 1. The standard InChI is InChI=1S/C17H21N5O2S/c1-4-8-15-18-14(21-24-15)11-25-17-20-19-16(22(17)5-2)12-9-6-7-10-13(12)23-3/h6-7,9-10H,4-5,8,11H2,1-3H3. The van der Waals surface area contributed by atoms with Crippen LogP contribution in [0.5, 0.6) is 5.75 Å². The number of nitrogens with zero attached hydrogens (tertiary/aromatic N) is 5. The van der Waals surface area contributed by atoms with E-state index in [9.17, 15) is 0 Å². The molecule has 25 heavy (non-hydrogen) atoms. The van der Waals surface area contributed by atoms with Crippen LogP contribution in [-0.4, -0.2) is 32.0 Å². The van der Waals surface area contributed by atoms with E-state index < -0.39 is 0 Å². The lowest BCUT2D eigenvalue weighted by molar-refractivity contribution is 0.373. The lowest BCUT2D eigenvalue weighted by Gasteiger charge is -2.09. The van der Waals surface area contributed by atoms with Crippen LogP contribution in [0.25, 0.3) is 11.4 Å². The van der Waals surface area contributed by atoms with Gasteiger partial charge < -0.3 is 13.8 Å². The van der Waals surface area contributed by atoms with Gasteiger partial charge in [0.1, 0.15) is 5.75 Å². The van der Waals surface area contributed by atoms with Gasteiger partial charge in [0.05, 0.1) is 18.4 Å². The van der Waals surface area contributed by atoms with Crippen LogP contribution in [0, 0.1) is 0 Å². The summed E-state index contributed by atoms with van der Waals surface area (Å²) in [5.41, 5.74) is 0.927. The lowest BCUT2D eigenvalue weighted by atomic mass is 10.2. The molecule has 1 aromatic carbocycles. The van der Waals surface area contributed by atoms with Crippen molar-refractivity contribution in [1.29, 1.82) is 0 Å². The molecule has 0 fully saturated rings. The highest BCUT2D eigenvalue weighted by Gasteiger charge is 2.17. The van der Waals surface area contributed by atoms with Crippen molar-refractivity contribution in [3.05, 3.63) is 36.0 Å². The van der Waals surface area contributed by atoms with Crippen LogP contribution in [0.1, 0.15) is 32.0 Å². The third-order valence-electron chi connectivity index (χ3n) is 3.69. The van der Waals surface area contributed by atoms with Crippen molar-refractivity contribution in [3.63, 3.8) is 0 Å². The molecule has 0 spiro atoms. The molecule has 3 rings (SSSR count). The summed E-state index contributed by atoms with van der Waals surface area (Å²) in [7, 11) is 1.66. The molecule has 0 N–H and O–H groups in total. The predicted molar refractivity (Wildman–Crippen MR) is 95.5 cm³/mol. The smallest absolute Gasteiger partial charge is 0.226 e. The Hall–Kier alpha value is -2.35. The molecule has 2 aromatic heterocycles. The average molecular weight is 359 g/mol. The van der Waals surface area contributed by atoms with E-state index in [1.54, 1.807) is 18.9 Å². The molecule has 7 nitrogen and oxygen atoms in total. The zero-order chi connectivity index (χ0) is 17.6. The van der Waals surface area contributed by atoms with E-state index >= 15 is 0 Å². The summed E-state index contributed by atoms with van der Waals surface area (Å²) in [6, 6.07) is 7.81. The molecule has 0 bridgehead atoms. The first kappa shape index (κ1) is 17.5. The van der Waals surface area contributed by atoms with Crippen LogP contribution in [-0.2, 0) is 18.7 Å². The first-order valence-electron chi connectivity index (χ1n) is 8.27. The maximum atomic E-state index is 5.44. The van der Waals surface area contributed by atoms with Crippen molar-refractivity contribution in [2.24, 2.45) is 0 Å². The van der Waals surface area contributed by atoms with Crippen molar-refractivity contribution in [1.82, 2.24) is 24.9 Å². The molecule has 0 aliphatic carbocycles. The summed E-state index contributed by atoms with van der Waals surface area (Å²) >= 11 is 1.55. The Bertz CT molecular complexity index is 830. The highest BCUT2D eigenvalue weighted by atomic mass is 32.2. The van der Waals surface area contributed by atoms with Gasteiger partial charge in [-0.05, 0) is 25.5 Å². The second-order valence-corrected chi connectivity index (χ2v) is 6.34. The maximum absolute atomic E-state index is 5.44. The minimum absolute atomic E-state index is 0.595. The van der Waals surface area contributed by atoms with E-state index in [0.717, 1.165) is 41.7 Å². The molecule has 0 aliphatic heterocycles. The van der Waals surface area contributed by atoms with Gasteiger partial charge in [0.25, 0.3) is 0 Å². The van der Waals surface area contributed by atoms with Crippen LogP contribution in [0.15, 0.2) is 33.9 Å². The van der Waals surface area contributed by atoms with Gasteiger partial charge in [-0.3, -0.25) is 0 Å². The molecular formula is C17H21N5O2S. The Balaban J connectivity index is 1.80. The second kappa shape index (κ2) is 8.15. The lowest BCUT2D eigenvalue weighted by Crippen LogP contribution is -2.01. The maximum Gasteiger partial charge on any atom is 0.226 e. The number of aryl methyl sites for hydroxylation is 1. The predicted octanol–water partition coefficient (Wildman–Crippen LogP) is 3.60. The number of para-hydroxylation sites is 1. The fourth-order valence-corrected chi connectivity index (χ4v) is 3.35. The van der Waals surface area contributed by atoms with Gasteiger partial charge in [-0.1, -0.05) is 36.0 Å². The zero-order valence-electron chi connectivity index (χ0n) is 14.6. The third-order valence-corrected chi connectivity index (χ3v) is 4.65. The Labute approximate surface area is 150 Å². The molecular weight excluding hydrogens is 338 g/mol. The number of benzene rings is 1. The van der Waals surface area contributed by atoms with Crippen molar-refractivity contribution >= 4 is 11.8 Å². The fourth-order valence-electron chi connectivity index (χ4n) is 2.50. The van der Waals surface area contributed by atoms with E-state index in [1.807, 2.05) is 24.3 Å². The van der Waals surface area contributed by atoms with Gasteiger partial charge in [0.15, 0.2) is 16.8 Å². The van der Waals surface area contributed by atoms with Crippen LogP contribution >= 0.6 is 11.8 Å². The first-order valence-corrected chi connectivity index (χ1v) is 9.26. The number of hydrogen-bond donors (Lipinski definition) is 0. The van der Waals surface area contributed by atoms with Crippen molar-refractivity contribution < 1.29 is 9.26 Å². The minimum atomic E-state index is 0.595. The molecule has 3 aromatic rings. The van der Waals surface area contributed by atoms with Gasteiger partial charge in [-0.2, -0.15) is 4.98 Å². The van der Waals surface area contributed by atoms with E-state index in [2.05, 4.69) is 38.8 Å². The Morgan fingerprint density at radius 2 is 2.04 bits per heavy atom. The Kier molecular flexibility index (Phi) is 5.70.